The second kappa shape index (κ2) is 8.99. The number of methoxy groups -OCH3 is 1. The van der Waals surface area contributed by atoms with E-state index in [1.54, 1.807) is 7.11 Å². The Balaban J connectivity index is 1.27. The standard InChI is InChI=1S/C24H27N5O2/c1-30-13-14-31-20-7-5-19(6-8-20)27-24-26-16-23-21(10-12-29(23)28-24)17-4-9-22-18(15-17)3-2-11-25-22/h2-4,9-12,15-16,19-20H,5-8,13-14H2,1H3,(H,27,28)/t19-,20-. The highest BCUT2D eigenvalue weighted by Gasteiger charge is 2.22. The fraction of sp³-hybridized carbons (Fsp3) is 0.375. The summed E-state index contributed by atoms with van der Waals surface area (Å²) in [5.41, 5.74) is 4.24. The van der Waals surface area contributed by atoms with E-state index >= 15 is 0 Å². The van der Waals surface area contributed by atoms with Crippen LogP contribution in [0.1, 0.15) is 25.7 Å². The third-order valence-electron chi connectivity index (χ3n) is 5.98. The van der Waals surface area contributed by atoms with E-state index in [0.717, 1.165) is 53.2 Å². The molecule has 1 aromatic carbocycles. The van der Waals surface area contributed by atoms with Crippen LogP contribution < -0.4 is 5.32 Å². The molecular formula is C24H27N5O2. The topological polar surface area (TPSA) is 73.6 Å². The van der Waals surface area contributed by atoms with Crippen LogP contribution in [0.15, 0.2) is 55.0 Å². The zero-order valence-corrected chi connectivity index (χ0v) is 17.7. The van der Waals surface area contributed by atoms with Crippen LogP contribution in [-0.2, 0) is 9.47 Å². The third kappa shape index (κ3) is 4.38. The number of pyridine rings is 1. The summed E-state index contributed by atoms with van der Waals surface area (Å²) in [6.45, 7) is 1.32. The monoisotopic (exact) mass is 417 g/mol. The molecule has 3 heterocycles. The molecule has 0 amide bonds. The summed E-state index contributed by atoms with van der Waals surface area (Å²) in [5, 5.41) is 9.32. The van der Waals surface area contributed by atoms with Gasteiger partial charge in [0.15, 0.2) is 0 Å². The smallest absolute Gasteiger partial charge is 0.241 e. The molecule has 1 fully saturated rings. The number of aromatic nitrogens is 4. The quantitative estimate of drug-likeness (QED) is 0.451. The van der Waals surface area contributed by atoms with Crippen LogP contribution in [0.25, 0.3) is 27.5 Å². The van der Waals surface area contributed by atoms with Gasteiger partial charge in [-0.2, -0.15) is 0 Å². The Morgan fingerprint density at radius 2 is 1.97 bits per heavy atom. The van der Waals surface area contributed by atoms with Crippen molar-refractivity contribution in [2.45, 2.75) is 37.8 Å². The van der Waals surface area contributed by atoms with Gasteiger partial charge in [0.05, 0.1) is 36.5 Å². The van der Waals surface area contributed by atoms with Gasteiger partial charge in [-0.1, -0.05) is 12.1 Å². The van der Waals surface area contributed by atoms with Crippen LogP contribution in [0.2, 0.25) is 0 Å². The first kappa shape index (κ1) is 19.9. The molecule has 160 valence electrons. The largest absolute Gasteiger partial charge is 0.382 e. The molecule has 3 aromatic heterocycles. The van der Waals surface area contributed by atoms with E-state index in [-0.39, 0.29) is 0 Å². The third-order valence-corrected chi connectivity index (χ3v) is 5.98. The number of fused-ring (bicyclic) bond motifs is 2. The Hall–Kier alpha value is -3.03. The Kier molecular flexibility index (Phi) is 5.78. The first-order valence-corrected chi connectivity index (χ1v) is 10.9. The molecule has 0 bridgehead atoms. The van der Waals surface area contributed by atoms with Crippen molar-refractivity contribution >= 4 is 22.4 Å². The number of ether oxygens (including phenoxy) is 2. The number of nitrogens with zero attached hydrogens (tertiary/aromatic N) is 4. The Labute approximate surface area is 181 Å². The molecule has 1 aliphatic carbocycles. The second-order valence-corrected chi connectivity index (χ2v) is 8.03. The highest BCUT2D eigenvalue weighted by Crippen LogP contribution is 2.28. The zero-order chi connectivity index (χ0) is 21.0. The van der Waals surface area contributed by atoms with Crippen LogP contribution in [0, 0.1) is 0 Å². The average molecular weight is 418 g/mol. The molecule has 7 nitrogen and oxygen atoms in total. The zero-order valence-electron chi connectivity index (χ0n) is 17.7. The molecule has 5 rings (SSSR count). The lowest BCUT2D eigenvalue weighted by molar-refractivity contribution is -0.00158. The van der Waals surface area contributed by atoms with Gasteiger partial charge in [0, 0.05) is 36.5 Å². The Morgan fingerprint density at radius 3 is 2.84 bits per heavy atom. The molecule has 0 atom stereocenters. The van der Waals surface area contributed by atoms with Crippen LogP contribution in [0.4, 0.5) is 5.95 Å². The van der Waals surface area contributed by atoms with Crippen molar-refractivity contribution in [3.05, 3.63) is 55.0 Å². The first-order chi connectivity index (χ1) is 15.3. The maximum Gasteiger partial charge on any atom is 0.241 e. The van der Waals surface area contributed by atoms with Crippen molar-refractivity contribution in [2.24, 2.45) is 0 Å². The molecule has 1 N–H and O–H groups in total. The van der Waals surface area contributed by atoms with Crippen molar-refractivity contribution in [2.75, 3.05) is 25.6 Å². The Bertz CT molecular complexity index is 1170. The molecule has 4 aromatic rings. The van der Waals surface area contributed by atoms with Gasteiger partial charge in [-0.05, 0) is 55.5 Å². The minimum Gasteiger partial charge on any atom is -0.382 e. The van der Waals surface area contributed by atoms with Crippen LogP contribution in [-0.4, -0.2) is 52.1 Å². The number of hydrogen-bond acceptors (Lipinski definition) is 6. The maximum absolute atomic E-state index is 5.86. The number of anilines is 1. The van der Waals surface area contributed by atoms with Crippen LogP contribution in [0.3, 0.4) is 0 Å². The molecule has 31 heavy (non-hydrogen) atoms. The van der Waals surface area contributed by atoms with Gasteiger partial charge in [-0.15, -0.1) is 5.10 Å². The number of rotatable bonds is 7. The van der Waals surface area contributed by atoms with E-state index in [4.69, 9.17) is 14.6 Å². The SMILES string of the molecule is COCCO[C@H]1CC[C@H](Nc2ncc3c(-c4ccc5ncccc5c4)ccn3n2)CC1. The number of benzene rings is 1. The summed E-state index contributed by atoms with van der Waals surface area (Å²) >= 11 is 0. The van der Waals surface area contributed by atoms with Crippen LogP contribution >= 0.6 is 0 Å². The Morgan fingerprint density at radius 1 is 1.06 bits per heavy atom. The van der Waals surface area contributed by atoms with Gasteiger partial charge < -0.3 is 14.8 Å². The number of hydrogen-bond donors (Lipinski definition) is 1. The summed E-state index contributed by atoms with van der Waals surface area (Å²) in [6, 6.07) is 12.8. The molecule has 0 radical (unpaired) electrons. The molecule has 7 heteroatoms. The molecule has 0 unspecified atom stereocenters. The summed E-state index contributed by atoms with van der Waals surface area (Å²) in [5.74, 6) is 0.668. The van der Waals surface area contributed by atoms with E-state index in [1.807, 2.05) is 29.2 Å². The minimum absolute atomic E-state index is 0.334. The fourth-order valence-corrected chi connectivity index (χ4v) is 4.31. The summed E-state index contributed by atoms with van der Waals surface area (Å²) in [6.07, 6.45) is 10.3. The van der Waals surface area contributed by atoms with E-state index in [1.165, 1.54) is 0 Å². The van der Waals surface area contributed by atoms with Gasteiger partial charge in [0.1, 0.15) is 0 Å². The minimum atomic E-state index is 0.334. The average Bonchev–Trinajstić information content (AvgIpc) is 3.23. The van der Waals surface area contributed by atoms with Crippen molar-refractivity contribution < 1.29 is 9.47 Å². The van der Waals surface area contributed by atoms with Gasteiger partial charge in [0.2, 0.25) is 5.95 Å². The van der Waals surface area contributed by atoms with Gasteiger partial charge in [-0.3, -0.25) is 4.98 Å². The van der Waals surface area contributed by atoms with Crippen LogP contribution in [0.5, 0.6) is 0 Å². The molecule has 1 aliphatic rings. The van der Waals surface area contributed by atoms with Gasteiger partial charge in [-0.25, -0.2) is 9.50 Å². The molecule has 1 saturated carbocycles. The lowest BCUT2D eigenvalue weighted by atomic mass is 9.93. The highest BCUT2D eigenvalue weighted by molar-refractivity contribution is 5.88. The summed E-state index contributed by atoms with van der Waals surface area (Å²) in [4.78, 5) is 9.00. The first-order valence-electron chi connectivity index (χ1n) is 10.9. The summed E-state index contributed by atoms with van der Waals surface area (Å²) < 4.78 is 12.8. The van der Waals surface area contributed by atoms with Crippen molar-refractivity contribution in [1.29, 1.82) is 0 Å². The van der Waals surface area contributed by atoms with Crippen molar-refractivity contribution in [3.8, 4) is 11.1 Å². The summed E-state index contributed by atoms with van der Waals surface area (Å²) in [7, 11) is 1.70. The van der Waals surface area contributed by atoms with E-state index in [9.17, 15) is 0 Å². The lowest BCUT2D eigenvalue weighted by Gasteiger charge is -2.29. The van der Waals surface area contributed by atoms with Crippen molar-refractivity contribution in [3.63, 3.8) is 0 Å². The normalized spacial score (nSPS) is 19.1. The highest BCUT2D eigenvalue weighted by atomic mass is 16.5. The molecule has 0 aliphatic heterocycles. The van der Waals surface area contributed by atoms with Gasteiger partial charge >= 0.3 is 0 Å². The van der Waals surface area contributed by atoms with E-state index in [0.29, 0.717) is 31.3 Å². The maximum atomic E-state index is 5.86. The fourth-order valence-electron chi connectivity index (χ4n) is 4.31. The molecule has 0 spiro atoms. The predicted octanol–water partition coefficient (Wildman–Crippen LogP) is 4.33. The van der Waals surface area contributed by atoms with E-state index < -0.39 is 0 Å². The van der Waals surface area contributed by atoms with E-state index in [2.05, 4.69) is 45.6 Å². The second-order valence-electron chi connectivity index (χ2n) is 8.03. The predicted molar refractivity (Wildman–Crippen MR) is 121 cm³/mol. The molecule has 0 saturated heterocycles. The number of nitrogens with one attached hydrogen (secondary N) is 1. The van der Waals surface area contributed by atoms with Gasteiger partial charge in [0.25, 0.3) is 0 Å². The lowest BCUT2D eigenvalue weighted by Crippen LogP contribution is -2.31. The van der Waals surface area contributed by atoms with Crippen molar-refractivity contribution in [1.82, 2.24) is 19.6 Å². The molecular weight excluding hydrogens is 390 g/mol.